The maximum Gasteiger partial charge on any atom is 0.332 e. The van der Waals surface area contributed by atoms with Crippen LogP contribution in [0.2, 0.25) is 0 Å². The quantitative estimate of drug-likeness (QED) is 0.464. The summed E-state index contributed by atoms with van der Waals surface area (Å²) in [7, 11) is 1.33. The van der Waals surface area contributed by atoms with Gasteiger partial charge in [-0.3, -0.25) is 9.69 Å². The molecule has 0 radical (unpaired) electrons. The van der Waals surface area contributed by atoms with Gasteiger partial charge in [0.15, 0.2) is 0 Å². The predicted octanol–water partition coefficient (Wildman–Crippen LogP) is 0.712. The van der Waals surface area contributed by atoms with Gasteiger partial charge in [0, 0.05) is 13.1 Å². The van der Waals surface area contributed by atoms with Crippen molar-refractivity contribution >= 4 is 11.9 Å². The van der Waals surface area contributed by atoms with E-state index in [-0.39, 0.29) is 11.9 Å². The van der Waals surface area contributed by atoms with Crippen LogP contribution in [0.3, 0.4) is 0 Å². The number of hydrogen-bond donors (Lipinski definition) is 0. The molecule has 2 unspecified atom stereocenters. The molecule has 1 saturated heterocycles. The van der Waals surface area contributed by atoms with Crippen LogP contribution in [-0.2, 0) is 20.9 Å². The van der Waals surface area contributed by atoms with E-state index < -0.39 is 12.0 Å². The Balaban J connectivity index is 1.59. The molecule has 6 nitrogen and oxygen atoms in total. The molecule has 2 aliphatic rings. The summed E-state index contributed by atoms with van der Waals surface area (Å²) in [5.74, 6) is 1.29. The van der Waals surface area contributed by atoms with E-state index >= 15 is 0 Å². The number of carbonyl (C=O) groups excluding carboxylic acids is 2. The molecule has 3 atom stereocenters. The molecule has 0 bridgehead atoms. The summed E-state index contributed by atoms with van der Waals surface area (Å²) in [6.07, 6.45) is 3.54. The van der Waals surface area contributed by atoms with Crippen LogP contribution >= 0.6 is 0 Å². The van der Waals surface area contributed by atoms with Crippen LogP contribution in [0, 0.1) is 6.92 Å². The molecule has 112 valence electrons. The van der Waals surface area contributed by atoms with E-state index in [2.05, 4.69) is 0 Å². The van der Waals surface area contributed by atoms with Crippen LogP contribution in [0.15, 0.2) is 28.7 Å². The third kappa shape index (κ3) is 2.71. The fourth-order valence-electron chi connectivity index (χ4n) is 2.62. The van der Waals surface area contributed by atoms with Gasteiger partial charge in [-0.2, -0.15) is 0 Å². The monoisotopic (exact) mass is 290 g/mol. The van der Waals surface area contributed by atoms with Crippen molar-refractivity contribution in [1.29, 1.82) is 0 Å². The summed E-state index contributed by atoms with van der Waals surface area (Å²) >= 11 is 0. The standard InChI is InChI=1S/C15H18N2O4/c1-10-5-6-11(21-10)8-16-9-13(16)14(18)17-7-3-4-12(17)15(19)20-2/h3-6,12-13H,7-9H2,1-2H3/t12-,13?,16?/m0/s1. The predicted molar refractivity (Wildman–Crippen MR) is 74.3 cm³/mol. The van der Waals surface area contributed by atoms with Gasteiger partial charge in [-0.1, -0.05) is 12.2 Å². The van der Waals surface area contributed by atoms with E-state index in [0.717, 1.165) is 11.5 Å². The summed E-state index contributed by atoms with van der Waals surface area (Å²) in [5.41, 5.74) is 0. The van der Waals surface area contributed by atoms with Gasteiger partial charge < -0.3 is 14.1 Å². The zero-order valence-electron chi connectivity index (χ0n) is 12.1. The number of nitrogens with zero attached hydrogens (tertiary/aromatic N) is 2. The molecule has 0 N–H and O–H groups in total. The third-order valence-electron chi connectivity index (χ3n) is 3.84. The zero-order valence-corrected chi connectivity index (χ0v) is 12.1. The lowest BCUT2D eigenvalue weighted by molar-refractivity contribution is -0.149. The zero-order chi connectivity index (χ0) is 15.0. The highest BCUT2D eigenvalue weighted by Gasteiger charge is 2.45. The first-order valence-electron chi connectivity index (χ1n) is 6.94. The molecular formula is C15H18N2O4. The first-order chi connectivity index (χ1) is 10.1. The summed E-state index contributed by atoms with van der Waals surface area (Å²) < 4.78 is 10.2. The van der Waals surface area contributed by atoms with Crippen LogP contribution in [0.5, 0.6) is 0 Å². The minimum atomic E-state index is -0.587. The van der Waals surface area contributed by atoms with Crippen molar-refractivity contribution in [3.05, 3.63) is 35.8 Å². The Morgan fingerprint density at radius 1 is 1.43 bits per heavy atom. The fraction of sp³-hybridized carbons (Fsp3) is 0.467. The number of carbonyl (C=O) groups is 2. The molecule has 1 fully saturated rings. The van der Waals surface area contributed by atoms with E-state index in [9.17, 15) is 9.59 Å². The fourth-order valence-corrected chi connectivity index (χ4v) is 2.62. The molecule has 3 rings (SSSR count). The minimum Gasteiger partial charge on any atom is -0.467 e. The van der Waals surface area contributed by atoms with Crippen LogP contribution in [0.25, 0.3) is 0 Å². The lowest BCUT2D eigenvalue weighted by Crippen LogP contribution is -2.44. The Labute approximate surface area is 122 Å². The first-order valence-corrected chi connectivity index (χ1v) is 6.94. The van der Waals surface area contributed by atoms with Crippen LogP contribution in [-0.4, -0.2) is 54.0 Å². The van der Waals surface area contributed by atoms with E-state index in [1.165, 1.54) is 7.11 Å². The summed E-state index contributed by atoms with van der Waals surface area (Å²) in [4.78, 5) is 27.7. The molecule has 3 heterocycles. The molecule has 2 aliphatic heterocycles. The minimum absolute atomic E-state index is 0.0290. The van der Waals surface area contributed by atoms with Gasteiger partial charge in [0.05, 0.1) is 13.7 Å². The number of hydrogen-bond acceptors (Lipinski definition) is 5. The topological polar surface area (TPSA) is 62.8 Å². The number of furan rings is 1. The van der Waals surface area contributed by atoms with Gasteiger partial charge >= 0.3 is 5.97 Å². The molecule has 1 aromatic heterocycles. The summed E-state index contributed by atoms with van der Waals surface area (Å²) in [5, 5.41) is 0. The first kappa shape index (κ1) is 13.9. The third-order valence-corrected chi connectivity index (χ3v) is 3.84. The smallest absolute Gasteiger partial charge is 0.332 e. The van der Waals surface area contributed by atoms with E-state index in [1.807, 2.05) is 30.0 Å². The molecule has 6 heteroatoms. The van der Waals surface area contributed by atoms with Crippen LogP contribution < -0.4 is 0 Å². The number of methoxy groups -OCH3 is 1. The summed E-state index contributed by atoms with van der Waals surface area (Å²) in [6.45, 7) is 3.67. The van der Waals surface area contributed by atoms with E-state index in [1.54, 1.807) is 11.0 Å². The highest BCUT2D eigenvalue weighted by atomic mass is 16.5. The van der Waals surface area contributed by atoms with Crippen molar-refractivity contribution in [2.24, 2.45) is 0 Å². The maximum atomic E-state index is 12.5. The van der Waals surface area contributed by atoms with E-state index in [4.69, 9.17) is 9.15 Å². The second kappa shape index (κ2) is 5.37. The second-order valence-corrected chi connectivity index (χ2v) is 5.34. The number of aryl methyl sites for hydroxylation is 1. The molecule has 0 aromatic carbocycles. The summed E-state index contributed by atoms with van der Waals surface area (Å²) in [6, 6.07) is 3.08. The Bertz CT molecular complexity index is 592. The normalized spacial score (nSPS) is 27.0. The maximum absolute atomic E-state index is 12.5. The SMILES string of the molecule is COC(=O)[C@@H]1C=CCN1C(=O)C1CN1Cc1ccc(C)o1. The second-order valence-electron chi connectivity index (χ2n) is 5.34. The Morgan fingerprint density at radius 3 is 2.90 bits per heavy atom. The van der Waals surface area contributed by atoms with Gasteiger partial charge in [0.25, 0.3) is 0 Å². The van der Waals surface area contributed by atoms with Gasteiger partial charge in [-0.25, -0.2) is 4.79 Å². The van der Waals surface area contributed by atoms with Crippen LogP contribution in [0.1, 0.15) is 11.5 Å². The molecule has 0 saturated carbocycles. The van der Waals surface area contributed by atoms with E-state index in [0.29, 0.717) is 19.6 Å². The highest BCUT2D eigenvalue weighted by Crippen LogP contribution is 2.26. The number of esters is 1. The van der Waals surface area contributed by atoms with Gasteiger partial charge in [0.2, 0.25) is 5.91 Å². The van der Waals surface area contributed by atoms with Gasteiger partial charge in [-0.15, -0.1) is 0 Å². The van der Waals surface area contributed by atoms with Crippen molar-refractivity contribution in [1.82, 2.24) is 9.80 Å². The number of rotatable bonds is 4. The Kier molecular flexibility index (Phi) is 3.55. The van der Waals surface area contributed by atoms with Crippen molar-refractivity contribution in [3.63, 3.8) is 0 Å². The molecule has 1 aromatic rings. The number of ether oxygens (including phenoxy) is 1. The molecule has 1 amide bonds. The van der Waals surface area contributed by atoms with Crippen molar-refractivity contribution < 1.29 is 18.7 Å². The van der Waals surface area contributed by atoms with Gasteiger partial charge in [-0.05, 0) is 19.1 Å². The molecule has 21 heavy (non-hydrogen) atoms. The molecule has 0 spiro atoms. The lowest BCUT2D eigenvalue weighted by Gasteiger charge is -2.22. The Morgan fingerprint density at radius 2 is 2.24 bits per heavy atom. The van der Waals surface area contributed by atoms with Crippen molar-refractivity contribution in [3.8, 4) is 0 Å². The Hall–Kier alpha value is -2.08. The van der Waals surface area contributed by atoms with Gasteiger partial charge in [0.1, 0.15) is 23.6 Å². The van der Waals surface area contributed by atoms with Crippen molar-refractivity contribution in [2.45, 2.75) is 25.6 Å². The lowest BCUT2D eigenvalue weighted by atomic mass is 10.2. The van der Waals surface area contributed by atoms with Crippen LogP contribution in [0.4, 0.5) is 0 Å². The number of amides is 1. The molecule has 0 aliphatic carbocycles. The largest absolute Gasteiger partial charge is 0.467 e. The molecular weight excluding hydrogens is 272 g/mol. The highest BCUT2D eigenvalue weighted by molar-refractivity contribution is 5.91. The average molecular weight is 290 g/mol. The average Bonchev–Trinajstić information content (AvgIpc) is 2.87. The van der Waals surface area contributed by atoms with Crippen molar-refractivity contribution in [2.75, 3.05) is 20.2 Å².